The number of aliphatic carboxylic acids is 1. The summed E-state index contributed by atoms with van der Waals surface area (Å²) in [5.74, 6) is -2.36. The van der Waals surface area contributed by atoms with Crippen LogP contribution >= 0.6 is 15.2 Å². The molecule has 133 heavy (non-hydrogen) atoms. The molecule has 4 heterocycles. The van der Waals surface area contributed by atoms with Gasteiger partial charge in [-0.3, -0.25) is 33.1 Å². The van der Waals surface area contributed by atoms with Crippen molar-refractivity contribution in [2.24, 2.45) is 28.4 Å². The van der Waals surface area contributed by atoms with E-state index in [1.165, 1.54) is 15.9 Å². The molecule has 33 heteroatoms. The molecular formula is C100H130N10O21P2. The van der Waals surface area contributed by atoms with Crippen molar-refractivity contribution >= 4 is 95.3 Å². The van der Waals surface area contributed by atoms with Crippen LogP contribution < -0.4 is 61.9 Å². The van der Waals surface area contributed by atoms with Gasteiger partial charge in [0.2, 0.25) is 29.5 Å². The van der Waals surface area contributed by atoms with Crippen LogP contribution in [-0.4, -0.2) is 198 Å². The second-order valence-electron chi connectivity index (χ2n) is 37.2. The van der Waals surface area contributed by atoms with E-state index in [2.05, 4.69) is 39.7 Å². The minimum atomic E-state index is -3.45. The van der Waals surface area contributed by atoms with E-state index in [4.69, 9.17) is 62.2 Å². The predicted molar refractivity (Wildman–Crippen MR) is 511 cm³/mol. The quantitative estimate of drug-likeness (QED) is 0.0143. The van der Waals surface area contributed by atoms with Crippen LogP contribution in [-0.2, 0) is 78.3 Å². The number of benzene rings is 6. The number of likely N-dealkylation sites (tertiary alicyclic amines) is 2. The highest BCUT2D eigenvalue weighted by atomic mass is 31.2. The molecule has 8 aromatic rings. The number of nitrogens with one attached hydrogen (secondary N) is 5. The molecule has 6 aromatic carbocycles. The molecule has 0 bridgehead atoms. The Hall–Kier alpha value is -11.6. The summed E-state index contributed by atoms with van der Waals surface area (Å²) in [5, 5.41) is 26.7. The van der Waals surface area contributed by atoms with Crippen LogP contribution in [0.3, 0.4) is 0 Å². The molecule has 2 aliphatic carbocycles. The van der Waals surface area contributed by atoms with Gasteiger partial charge in [0.25, 0.3) is 0 Å². The number of carboxylic acids is 1. The number of carboxylic acid groups (broad SMARTS) is 1. The Morgan fingerprint density at radius 2 is 0.887 bits per heavy atom. The molecule has 4 aliphatic rings. The van der Waals surface area contributed by atoms with Gasteiger partial charge in [0, 0.05) is 77.4 Å². The molecule has 8 N–H and O–H groups in total. The standard InChI is InChI=1S/C50H64N5O10P.C38H46N4O8.C12H20NO3P/c1-11-34-30-50(34,46(58)51-26-25-32-19-22-37(23-20-32)66(60,62-12-2)63-13-3)54-44(56)41-28-36(31-55(41)45(57)43(48(4,5)6)53-47(59)65-49(7,8)9)64-42-29-39(33-17-15-14-16-18-33)52-40-27-35(61-10)21-24-38(40)42;1-9-23-20-38(23,34(45)46)41-32(43)29-18-25(21-42(29)33(44)31(36(2,3)4)40-35(47)50-37(5,6)7)49-30-19-27(22-13-11-10-12-14-22)39-28-17-24(48-8)15-16-26(28)30;1-3-15-17(14,16-4-2)12-7-5-11(6-8-12)9-10-13/h11,14-24,27,29,34,36,41,43H,1,12-13,25-26,28,30-31H2,2-10H3,(H,51,58)(H,53,59)(H,54,56);9-17,19,23,25,29,31H,1,18,20-21H2,2-8H3,(H,40,47)(H,41,43)(H,45,46);5-8H,3-4,9-10,13H2,1-2H3/t34?,36-,41+,43-,50-;23?,25-,29+,31-,38-;/m11./s1. The molecule has 10 atom stereocenters. The zero-order valence-electron chi connectivity index (χ0n) is 79.5. The highest BCUT2D eigenvalue weighted by Crippen LogP contribution is 2.50. The maximum absolute atomic E-state index is 14.9. The highest BCUT2D eigenvalue weighted by molar-refractivity contribution is 7.62. The molecule has 31 nitrogen and oxygen atoms in total. The summed E-state index contributed by atoms with van der Waals surface area (Å²) in [6.45, 7) is 38.0. The Morgan fingerprint density at radius 3 is 1.22 bits per heavy atom. The van der Waals surface area contributed by atoms with Crippen molar-refractivity contribution in [3.63, 3.8) is 0 Å². The van der Waals surface area contributed by atoms with E-state index in [-0.39, 0.29) is 63.9 Å². The maximum Gasteiger partial charge on any atom is 0.408 e. The van der Waals surface area contributed by atoms with Crippen molar-refractivity contribution in [3.05, 3.63) is 194 Å². The smallest absolute Gasteiger partial charge is 0.408 e. The molecule has 0 spiro atoms. The molecule has 12 rings (SSSR count). The summed E-state index contributed by atoms with van der Waals surface area (Å²) in [6.07, 6.45) is 2.15. The minimum Gasteiger partial charge on any atom is -0.497 e. The van der Waals surface area contributed by atoms with Crippen molar-refractivity contribution in [2.75, 3.05) is 66.8 Å². The lowest BCUT2D eigenvalue weighted by Gasteiger charge is -2.36. The number of ether oxygens (including phenoxy) is 6. The second kappa shape index (κ2) is 44.1. The largest absolute Gasteiger partial charge is 0.497 e. The number of hydrogen-bond acceptors (Lipinski definition) is 23. The van der Waals surface area contributed by atoms with Gasteiger partial charge >= 0.3 is 33.3 Å². The number of nitrogens with two attached hydrogens (primary N) is 1. The number of alkyl carbamates (subject to hydrolysis) is 2. The summed E-state index contributed by atoms with van der Waals surface area (Å²) in [5.41, 5.74) is 5.73. The van der Waals surface area contributed by atoms with Crippen molar-refractivity contribution in [1.82, 2.24) is 46.4 Å². The number of aromatic nitrogens is 2. The zero-order valence-corrected chi connectivity index (χ0v) is 81.3. The van der Waals surface area contributed by atoms with Crippen LogP contribution in [0.5, 0.6) is 23.0 Å². The molecule has 2 aliphatic heterocycles. The van der Waals surface area contributed by atoms with Gasteiger partial charge in [0.1, 0.15) is 81.7 Å². The van der Waals surface area contributed by atoms with Crippen molar-refractivity contribution in [3.8, 4) is 45.5 Å². The predicted octanol–water partition coefficient (Wildman–Crippen LogP) is 14.9. The number of amides is 7. The maximum atomic E-state index is 14.9. The Kier molecular flexibility index (Phi) is 34.3. The van der Waals surface area contributed by atoms with Gasteiger partial charge in [-0.1, -0.05) is 139 Å². The number of carbonyl (C=O) groups is 8. The fraction of sp³-hybridized carbons (Fsp3) is 0.460. The van der Waals surface area contributed by atoms with Crippen molar-refractivity contribution < 1.29 is 99.1 Å². The van der Waals surface area contributed by atoms with E-state index < -0.39 is 132 Å². The lowest BCUT2D eigenvalue weighted by atomic mass is 9.85. The Bertz CT molecular complexity index is 5550. The van der Waals surface area contributed by atoms with Crippen molar-refractivity contribution in [2.45, 2.75) is 208 Å². The topological polar surface area (TPSA) is 402 Å². The zero-order chi connectivity index (χ0) is 97.3. The summed E-state index contributed by atoms with van der Waals surface area (Å²) in [7, 11) is -3.44. The number of methoxy groups -OCH3 is 2. The van der Waals surface area contributed by atoms with Gasteiger partial charge < -0.3 is 93.7 Å². The van der Waals surface area contributed by atoms with Crippen LogP contribution in [0, 0.1) is 22.7 Å². The summed E-state index contributed by atoms with van der Waals surface area (Å²) in [6, 6.07) is 43.9. The van der Waals surface area contributed by atoms with E-state index in [0.29, 0.717) is 99.4 Å². The molecule has 7 amide bonds. The van der Waals surface area contributed by atoms with Crippen LogP contribution in [0.1, 0.15) is 148 Å². The third-order valence-corrected chi connectivity index (χ3v) is 27.1. The molecule has 2 saturated heterocycles. The summed E-state index contributed by atoms with van der Waals surface area (Å²) < 4.78 is 82.5. The monoisotopic (exact) mass is 1870 g/mol. The molecule has 2 saturated carbocycles. The molecule has 0 radical (unpaired) electrons. The lowest BCUT2D eigenvalue weighted by Crippen LogP contribution is -2.60. The van der Waals surface area contributed by atoms with E-state index in [1.807, 2.05) is 148 Å². The molecule has 4 fully saturated rings. The first-order valence-corrected chi connectivity index (χ1v) is 48.0. The average Bonchev–Trinajstić information content (AvgIpc) is 1.58. The second-order valence-corrected chi connectivity index (χ2v) is 41.3. The number of rotatable bonds is 35. The van der Waals surface area contributed by atoms with Crippen LogP contribution in [0.4, 0.5) is 9.59 Å². The van der Waals surface area contributed by atoms with E-state index in [9.17, 15) is 52.6 Å². The number of carbonyl (C=O) groups excluding carboxylic acids is 7. The van der Waals surface area contributed by atoms with Crippen LogP contribution in [0.15, 0.2) is 183 Å². The number of nitrogens with zero attached hydrogens (tertiary/aromatic N) is 4. The average molecular weight is 1870 g/mol. The van der Waals surface area contributed by atoms with Crippen molar-refractivity contribution in [1.29, 1.82) is 0 Å². The van der Waals surface area contributed by atoms with Gasteiger partial charge in [-0.25, -0.2) is 24.4 Å². The normalized spacial score (nSPS) is 19.8. The third kappa shape index (κ3) is 26.3. The number of pyridine rings is 2. The minimum absolute atomic E-state index is 0.00634. The fourth-order valence-electron chi connectivity index (χ4n) is 15.9. The van der Waals surface area contributed by atoms with Crippen LogP contribution in [0.25, 0.3) is 44.3 Å². The molecular weight excluding hydrogens is 1740 g/mol. The lowest BCUT2D eigenvalue weighted by molar-refractivity contribution is -0.146. The molecule has 2 unspecified atom stereocenters. The number of hydrogen-bond donors (Lipinski definition) is 7. The first-order valence-electron chi connectivity index (χ1n) is 45.0. The van der Waals surface area contributed by atoms with Gasteiger partial charge in [-0.15, -0.1) is 13.2 Å². The first kappa shape index (κ1) is 104. The van der Waals surface area contributed by atoms with E-state index in [1.54, 1.807) is 141 Å². The third-order valence-electron chi connectivity index (χ3n) is 22.8. The van der Waals surface area contributed by atoms with E-state index >= 15 is 0 Å². The van der Waals surface area contributed by atoms with Gasteiger partial charge in [0.05, 0.1) is 86.8 Å². The summed E-state index contributed by atoms with van der Waals surface area (Å²) >= 11 is 0. The fourth-order valence-corrected chi connectivity index (χ4v) is 19.1. The highest BCUT2D eigenvalue weighted by Gasteiger charge is 2.63. The SMILES string of the molecule is C=CC1C[C@]1(NC(=O)[C@@H]1C[C@@H](Oc2cc(-c3ccccc3)nc3cc(OC)ccc23)CN1C(=O)[C@@H](NC(=O)OC(C)(C)C)C(C)(C)C)C(=O)NCCc1ccc(P(=O)(OCC)OCC)cc1.C=CC1C[C@]1(NC(=O)[C@@H]1C[C@@H](Oc2cc(-c3ccccc3)nc3cc(OC)ccc23)CN1C(=O)[C@@H](NC(=O)OC(C)(C)C)C(C)(C)C)C(=O)O.CCOP(=O)(OCC)c1ccc(CCN)cc1. The van der Waals surface area contributed by atoms with Crippen LogP contribution in [0.2, 0.25) is 0 Å². The molecule has 716 valence electrons. The molecule has 2 aromatic heterocycles. The Balaban J connectivity index is 0.000000240. The van der Waals surface area contributed by atoms with Gasteiger partial charge in [0.15, 0.2) is 0 Å². The van der Waals surface area contributed by atoms with E-state index in [0.717, 1.165) is 28.7 Å². The first-order chi connectivity index (χ1) is 62.8. The number of fused-ring (bicyclic) bond motifs is 2. The Labute approximate surface area is 779 Å². The van der Waals surface area contributed by atoms with Gasteiger partial charge in [-0.05, 0) is 172 Å². The Morgan fingerprint density at radius 1 is 0.519 bits per heavy atom. The summed E-state index contributed by atoms with van der Waals surface area (Å²) in [4.78, 5) is 123. The van der Waals surface area contributed by atoms with Gasteiger partial charge in [-0.2, -0.15) is 0 Å².